The highest BCUT2D eigenvalue weighted by atomic mass is 14.8. The zero-order valence-electron chi connectivity index (χ0n) is 8.59. The first-order chi connectivity index (χ1) is 6.27. The minimum atomic E-state index is 0.971. The zero-order chi connectivity index (χ0) is 9.68. The van der Waals surface area contributed by atoms with Crippen LogP contribution < -0.4 is 5.32 Å². The molecule has 0 aromatic heterocycles. The van der Waals surface area contributed by atoms with Crippen LogP contribution in [-0.2, 0) is 0 Å². The molecular formula is C12H17N. The first kappa shape index (κ1) is 9.85. The van der Waals surface area contributed by atoms with Gasteiger partial charge in [0, 0.05) is 12.2 Å². The SMILES string of the molecule is C/C=C(\C)c1cccc(NCC)c1. The molecule has 0 aliphatic carbocycles. The molecule has 0 amide bonds. The van der Waals surface area contributed by atoms with Gasteiger partial charge in [-0.05, 0) is 44.0 Å². The van der Waals surface area contributed by atoms with Crippen molar-refractivity contribution in [3.05, 3.63) is 35.9 Å². The largest absolute Gasteiger partial charge is 0.385 e. The number of anilines is 1. The van der Waals surface area contributed by atoms with Gasteiger partial charge in [-0.1, -0.05) is 18.2 Å². The standard InChI is InChI=1S/C12H17N/c1-4-10(3)11-7-6-8-12(9-11)13-5-2/h4,6-9,13H,5H2,1-3H3/b10-4+. The molecule has 0 heterocycles. The minimum absolute atomic E-state index is 0.971. The lowest BCUT2D eigenvalue weighted by Crippen LogP contribution is -1.96. The Morgan fingerprint density at radius 2 is 2.23 bits per heavy atom. The fourth-order valence-electron chi connectivity index (χ4n) is 1.25. The predicted molar refractivity (Wildman–Crippen MR) is 59.9 cm³/mol. The summed E-state index contributed by atoms with van der Waals surface area (Å²) in [6.07, 6.45) is 2.13. The van der Waals surface area contributed by atoms with Crippen molar-refractivity contribution in [1.82, 2.24) is 0 Å². The first-order valence-electron chi connectivity index (χ1n) is 4.75. The maximum absolute atomic E-state index is 3.30. The van der Waals surface area contributed by atoms with E-state index in [2.05, 4.69) is 56.4 Å². The summed E-state index contributed by atoms with van der Waals surface area (Å²) in [5.41, 5.74) is 3.81. The maximum atomic E-state index is 3.30. The molecule has 0 fully saturated rings. The second kappa shape index (κ2) is 4.70. The van der Waals surface area contributed by atoms with E-state index in [0.717, 1.165) is 6.54 Å². The van der Waals surface area contributed by atoms with E-state index in [1.54, 1.807) is 0 Å². The Kier molecular flexibility index (Phi) is 3.56. The summed E-state index contributed by atoms with van der Waals surface area (Å²) >= 11 is 0. The molecule has 0 aliphatic rings. The quantitative estimate of drug-likeness (QED) is 0.741. The van der Waals surface area contributed by atoms with Crippen molar-refractivity contribution in [3.8, 4) is 0 Å². The van der Waals surface area contributed by atoms with E-state index in [4.69, 9.17) is 0 Å². The molecular weight excluding hydrogens is 158 g/mol. The maximum Gasteiger partial charge on any atom is 0.0346 e. The molecule has 1 heteroatoms. The summed E-state index contributed by atoms with van der Waals surface area (Å²) in [6, 6.07) is 8.49. The van der Waals surface area contributed by atoms with E-state index in [-0.39, 0.29) is 0 Å². The second-order valence-corrected chi connectivity index (χ2v) is 3.08. The highest BCUT2D eigenvalue weighted by molar-refractivity contribution is 5.66. The first-order valence-corrected chi connectivity index (χ1v) is 4.75. The number of benzene rings is 1. The number of allylic oxidation sites excluding steroid dienone is 2. The molecule has 70 valence electrons. The molecule has 0 radical (unpaired) electrons. The summed E-state index contributed by atoms with van der Waals surface area (Å²) in [6.45, 7) is 7.27. The van der Waals surface area contributed by atoms with Gasteiger partial charge < -0.3 is 5.32 Å². The van der Waals surface area contributed by atoms with Crippen molar-refractivity contribution in [2.24, 2.45) is 0 Å². The van der Waals surface area contributed by atoms with Crippen molar-refractivity contribution in [2.45, 2.75) is 20.8 Å². The van der Waals surface area contributed by atoms with Crippen molar-refractivity contribution < 1.29 is 0 Å². The molecule has 0 unspecified atom stereocenters. The topological polar surface area (TPSA) is 12.0 Å². The van der Waals surface area contributed by atoms with Crippen molar-refractivity contribution in [1.29, 1.82) is 0 Å². The number of nitrogens with one attached hydrogen (secondary N) is 1. The Bertz CT molecular complexity index is 300. The molecule has 1 rings (SSSR count). The third-order valence-corrected chi connectivity index (χ3v) is 2.13. The van der Waals surface area contributed by atoms with Gasteiger partial charge in [0.05, 0.1) is 0 Å². The van der Waals surface area contributed by atoms with Crippen molar-refractivity contribution >= 4 is 11.3 Å². The molecule has 1 aromatic rings. The lowest BCUT2D eigenvalue weighted by Gasteiger charge is -2.06. The monoisotopic (exact) mass is 175 g/mol. The van der Waals surface area contributed by atoms with Crippen molar-refractivity contribution in [3.63, 3.8) is 0 Å². The fraction of sp³-hybridized carbons (Fsp3) is 0.333. The Hall–Kier alpha value is -1.24. The highest BCUT2D eigenvalue weighted by Crippen LogP contribution is 2.17. The van der Waals surface area contributed by atoms with Crippen LogP contribution in [0.15, 0.2) is 30.3 Å². The van der Waals surface area contributed by atoms with Crippen LogP contribution in [0.1, 0.15) is 26.3 Å². The molecule has 1 aromatic carbocycles. The van der Waals surface area contributed by atoms with Gasteiger partial charge in [0.15, 0.2) is 0 Å². The molecule has 0 atom stereocenters. The summed E-state index contributed by atoms with van der Waals surface area (Å²) in [7, 11) is 0. The molecule has 0 saturated carbocycles. The van der Waals surface area contributed by atoms with E-state index < -0.39 is 0 Å². The third-order valence-electron chi connectivity index (χ3n) is 2.13. The summed E-state index contributed by atoms with van der Waals surface area (Å²) < 4.78 is 0. The van der Waals surface area contributed by atoms with Gasteiger partial charge in [0.1, 0.15) is 0 Å². The number of hydrogen-bond donors (Lipinski definition) is 1. The van der Waals surface area contributed by atoms with Crippen LogP contribution in [0, 0.1) is 0 Å². The molecule has 0 bridgehead atoms. The van der Waals surface area contributed by atoms with Gasteiger partial charge in [0.25, 0.3) is 0 Å². The van der Waals surface area contributed by atoms with E-state index >= 15 is 0 Å². The van der Waals surface area contributed by atoms with Crippen LogP contribution in [0.4, 0.5) is 5.69 Å². The van der Waals surface area contributed by atoms with E-state index in [0.29, 0.717) is 0 Å². The lowest BCUT2D eigenvalue weighted by atomic mass is 10.1. The summed E-state index contributed by atoms with van der Waals surface area (Å²) in [4.78, 5) is 0. The second-order valence-electron chi connectivity index (χ2n) is 3.08. The fourth-order valence-corrected chi connectivity index (χ4v) is 1.25. The normalized spacial score (nSPS) is 11.5. The smallest absolute Gasteiger partial charge is 0.0346 e. The summed E-state index contributed by atoms with van der Waals surface area (Å²) in [5.74, 6) is 0. The highest BCUT2D eigenvalue weighted by Gasteiger charge is 1.95. The number of rotatable bonds is 3. The molecule has 13 heavy (non-hydrogen) atoms. The van der Waals surface area contributed by atoms with Gasteiger partial charge in [-0.25, -0.2) is 0 Å². The van der Waals surface area contributed by atoms with Gasteiger partial charge in [-0.3, -0.25) is 0 Å². The minimum Gasteiger partial charge on any atom is -0.385 e. The van der Waals surface area contributed by atoms with E-state index in [1.807, 2.05) is 0 Å². The van der Waals surface area contributed by atoms with E-state index in [9.17, 15) is 0 Å². The lowest BCUT2D eigenvalue weighted by molar-refractivity contribution is 1.21. The molecule has 1 N–H and O–H groups in total. The Balaban J connectivity index is 2.91. The average molecular weight is 175 g/mol. The van der Waals surface area contributed by atoms with Crippen LogP contribution >= 0.6 is 0 Å². The molecule has 0 spiro atoms. The van der Waals surface area contributed by atoms with Crippen LogP contribution in [-0.4, -0.2) is 6.54 Å². The van der Waals surface area contributed by atoms with Gasteiger partial charge in [-0.2, -0.15) is 0 Å². The van der Waals surface area contributed by atoms with Gasteiger partial charge in [0.2, 0.25) is 0 Å². The number of hydrogen-bond acceptors (Lipinski definition) is 1. The van der Waals surface area contributed by atoms with E-state index in [1.165, 1.54) is 16.8 Å². The molecule has 1 nitrogen and oxygen atoms in total. The van der Waals surface area contributed by atoms with Crippen molar-refractivity contribution in [2.75, 3.05) is 11.9 Å². The van der Waals surface area contributed by atoms with Crippen LogP contribution in [0.25, 0.3) is 5.57 Å². The third kappa shape index (κ3) is 2.62. The van der Waals surface area contributed by atoms with Gasteiger partial charge in [-0.15, -0.1) is 0 Å². The predicted octanol–water partition coefficient (Wildman–Crippen LogP) is 3.54. The molecule has 0 aliphatic heterocycles. The Morgan fingerprint density at radius 3 is 2.85 bits per heavy atom. The van der Waals surface area contributed by atoms with Crippen LogP contribution in [0.5, 0.6) is 0 Å². The molecule has 0 saturated heterocycles. The van der Waals surface area contributed by atoms with Gasteiger partial charge >= 0.3 is 0 Å². The Labute approximate surface area is 80.5 Å². The Morgan fingerprint density at radius 1 is 1.46 bits per heavy atom. The van der Waals surface area contributed by atoms with Crippen LogP contribution in [0.3, 0.4) is 0 Å². The van der Waals surface area contributed by atoms with Crippen LogP contribution in [0.2, 0.25) is 0 Å². The average Bonchev–Trinajstić information content (AvgIpc) is 2.18. The zero-order valence-corrected chi connectivity index (χ0v) is 8.59. The summed E-state index contributed by atoms with van der Waals surface area (Å²) in [5, 5.41) is 3.30.